The summed E-state index contributed by atoms with van der Waals surface area (Å²) in [6.07, 6.45) is -5.96. The Morgan fingerprint density at radius 2 is 1.78 bits per heavy atom. The Hall–Kier alpha value is -3.03. The van der Waals surface area contributed by atoms with E-state index in [2.05, 4.69) is 0 Å². The van der Waals surface area contributed by atoms with Gasteiger partial charge in [-0.3, -0.25) is 9.69 Å². The fraction of sp³-hybridized carbons (Fsp3) is 0.391. The summed E-state index contributed by atoms with van der Waals surface area (Å²) in [6.45, 7) is 1.39. The number of carbonyl (C=O) groups is 2. The van der Waals surface area contributed by atoms with Crippen LogP contribution in [0, 0.1) is 0 Å². The maximum atomic E-state index is 14.0. The van der Waals surface area contributed by atoms with Crippen LogP contribution in [0.3, 0.4) is 0 Å². The molecule has 0 saturated carbocycles. The summed E-state index contributed by atoms with van der Waals surface area (Å²) in [7, 11) is -4.19. The van der Waals surface area contributed by atoms with Crippen LogP contribution < -0.4 is 5.73 Å². The van der Waals surface area contributed by atoms with Gasteiger partial charge in [-0.15, -0.1) is 0 Å². The second-order valence-corrected chi connectivity index (χ2v) is 11.1. The molecule has 0 bridgehead atoms. The highest BCUT2D eigenvalue weighted by molar-refractivity contribution is 7.89. The first-order valence-corrected chi connectivity index (χ1v) is 13.2. The van der Waals surface area contributed by atoms with E-state index >= 15 is 0 Å². The molecule has 1 fully saturated rings. The van der Waals surface area contributed by atoms with Crippen LogP contribution in [0.1, 0.15) is 34.0 Å². The van der Waals surface area contributed by atoms with Gasteiger partial charge >= 0.3 is 12.3 Å². The highest BCUT2D eigenvalue weighted by atomic mass is 35.5. The number of carboxylic acid groups (broad SMARTS) is 1. The number of carbonyl (C=O) groups excluding carboxylic acids is 1. The third-order valence-corrected chi connectivity index (χ3v) is 7.92. The van der Waals surface area contributed by atoms with Crippen LogP contribution in [-0.4, -0.2) is 71.6 Å². The minimum atomic E-state index is -4.86. The van der Waals surface area contributed by atoms with E-state index in [1.54, 1.807) is 17.0 Å². The highest BCUT2D eigenvalue weighted by Crippen LogP contribution is 2.36. The van der Waals surface area contributed by atoms with Crippen molar-refractivity contribution in [2.45, 2.75) is 26.2 Å². The van der Waals surface area contributed by atoms with Crippen molar-refractivity contribution in [3.63, 3.8) is 0 Å². The Bertz CT molecular complexity index is 1280. The van der Waals surface area contributed by atoms with Crippen molar-refractivity contribution in [1.82, 2.24) is 14.1 Å². The van der Waals surface area contributed by atoms with Crippen molar-refractivity contribution in [2.75, 3.05) is 37.7 Å². The van der Waals surface area contributed by atoms with Gasteiger partial charge in [0.2, 0.25) is 10.0 Å². The van der Waals surface area contributed by atoms with E-state index in [-0.39, 0.29) is 44.0 Å². The van der Waals surface area contributed by atoms with Gasteiger partial charge in [-0.2, -0.15) is 13.2 Å². The molecule has 0 aromatic heterocycles. The maximum absolute atomic E-state index is 14.0. The van der Waals surface area contributed by atoms with Gasteiger partial charge in [0.1, 0.15) is 0 Å². The average molecular weight is 563 g/mol. The van der Waals surface area contributed by atoms with Crippen LogP contribution in [0.4, 0.5) is 23.7 Å². The van der Waals surface area contributed by atoms with E-state index in [1.807, 2.05) is 0 Å². The monoisotopic (exact) mass is 562 g/mol. The quantitative estimate of drug-likeness (QED) is 0.493. The molecule has 1 saturated heterocycles. The Labute approximate surface area is 217 Å². The lowest BCUT2D eigenvalue weighted by molar-refractivity contribution is -0.138. The van der Waals surface area contributed by atoms with Gasteiger partial charge < -0.3 is 15.7 Å². The number of nitrogen functional groups attached to an aromatic ring is 1. The van der Waals surface area contributed by atoms with Crippen molar-refractivity contribution >= 4 is 39.3 Å². The molecule has 9 nitrogen and oxygen atoms in total. The minimum absolute atomic E-state index is 0.135. The first-order valence-electron chi connectivity index (χ1n) is 11.2. The lowest BCUT2D eigenvalue weighted by atomic mass is 10.00. The molecule has 202 valence electrons. The molecule has 2 amide bonds. The largest absolute Gasteiger partial charge is 0.465 e. The molecule has 2 aromatic rings. The number of sulfonamides is 1. The Kier molecular flexibility index (Phi) is 8.60. The Balaban J connectivity index is 1.97. The summed E-state index contributed by atoms with van der Waals surface area (Å²) in [4.78, 5) is 27.2. The number of alkyl halides is 3. The van der Waals surface area contributed by atoms with Gasteiger partial charge in [0.05, 0.1) is 23.4 Å². The second-order valence-electron chi connectivity index (χ2n) is 8.48. The number of rotatable bonds is 7. The number of anilines is 1. The maximum Gasteiger partial charge on any atom is 0.416 e. The van der Waals surface area contributed by atoms with E-state index in [0.29, 0.717) is 21.0 Å². The molecule has 3 N–H and O–H groups in total. The van der Waals surface area contributed by atoms with Crippen LogP contribution in [-0.2, 0) is 29.3 Å². The molecule has 14 heteroatoms. The predicted octanol–water partition coefficient (Wildman–Crippen LogP) is 3.73. The molecule has 1 aliphatic heterocycles. The molecule has 1 aliphatic rings. The van der Waals surface area contributed by atoms with Crippen molar-refractivity contribution in [1.29, 1.82) is 0 Å². The summed E-state index contributed by atoms with van der Waals surface area (Å²) in [5, 5.41) is 9.36. The van der Waals surface area contributed by atoms with Gasteiger partial charge in [-0.05, 0) is 42.3 Å². The SMILES string of the molecule is CCS(=O)(=O)N(Cc1cccc(Cl)c1)C(=O)c1cc(C(F)(F)F)c(CN2CCN(C(=O)O)CC2)cc1N. The Morgan fingerprint density at radius 3 is 2.32 bits per heavy atom. The zero-order valence-electron chi connectivity index (χ0n) is 19.8. The van der Waals surface area contributed by atoms with Gasteiger partial charge in [-0.25, -0.2) is 17.5 Å². The molecule has 1 heterocycles. The molecule has 2 aromatic carbocycles. The number of amides is 2. The van der Waals surface area contributed by atoms with Crippen LogP contribution in [0.5, 0.6) is 0 Å². The molecule has 0 unspecified atom stereocenters. The zero-order chi connectivity index (χ0) is 27.5. The molecule has 0 atom stereocenters. The summed E-state index contributed by atoms with van der Waals surface area (Å²) in [6, 6.07) is 7.70. The smallest absolute Gasteiger partial charge is 0.416 e. The van der Waals surface area contributed by atoms with Crippen LogP contribution >= 0.6 is 11.6 Å². The van der Waals surface area contributed by atoms with Gasteiger partial charge in [0.25, 0.3) is 5.91 Å². The first-order chi connectivity index (χ1) is 17.2. The summed E-state index contributed by atoms with van der Waals surface area (Å²) in [5.41, 5.74) is 4.15. The molecular formula is C23H26ClF3N4O5S. The summed E-state index contributed by atoms with van der Waals surface area (Å²) < 4.78 is 68.1. The third-order valence-electron chi connectivity index (χ3n) is 5.99. The molecule has 0 aliphatic carbocycles. The lowest BCUT2D eigenvalue weighted by Gasteiger charge is -2.33. The van der Waals surface area contributed by atoms with Crippen molar-refractivity contribution < 1.29 is 36.3 Å². The summed E-state index contributed by atoms with van der Waals surface area (Å²) in [5.74, 6) is -1.65. The molecule has 3 rings (SSSR count). The summed E-state index contributed by atoms with van der Waals surface area (Å²) >= 11 is 5.96. The molecular weight excluding hydrogens is 537 g/mol. The fourth-order valence-electron chi connectivity index (χ4n) is 3.97. The fourth-order valence-corrected chi connectivity index (χ4v) is 5.19. The van der Waals surface area contributed by atoms with Gasteiger partial charge in [-0.1, -0.05) is 23.7 Å². The van der Waals surface area contributed by atoms with E-state index in [9.17, 15) is 31.2 Å². The van der Waals surface area contributed by atoms with Gasteiger partial charge in [0, 0.05) is 43.4 Å². The van der Waals surface area contributed by atoms with Crippen LogP contribution in [0.2, 0.25) is 5.02 Å². The number of piperazine rings is 1. The topological polar surface area (TPSA) is 124 Å². The number of hydrogen-bond donors (Lipinski definition) is 2. The van der Waals surface area contributed by atoms with Crippen molar-refractivity contribution in [2.24, 2.45) is 0 Å². The van der Waals surface area contributed by atoms with E-state index in [0.717, 1.165) is 6.07 Å². The number of halogens is 4. The number of nitrogens with zero attached hydrogens (tertiary/aromatic N) is 3. The molecule has 0 radical (unpaired) electrons. The van der Waals surface area contributed by atoms with E-state index in [1.165, 1.54) is 24.0 Å². The number of hydrogen-bond acceptors (Lipinski definition) is 6. The van der Waals surface area contributed by atoms with Crippen molar-refractivity contribution in [3.05, 3.63) is 63.7 Å². The third kappa shape index (κ3) is 6.84. The predicted molar refractivity (Wildman–Crippen MR) is 132 cm³/mol. The first kappa shape index (κ1) is 28.5. The second kappa shape index (κ2) is 11.2. The zero-order valence-corrected chi connectivity index (χ0v) is 21.4. The van der Waals surface area contributed by atoms with E-state index in [4.69, 9.17) is 22.4 Å². The minimum Gasteiger partial charge on any atom is -0.465 e. The average Bonchev–Trinajstić information content (AvgIpc) is 2.81. The standard InChI is InChI=1S/C23H26ClF3N4O5S/c1-2-37(35,36)31(13-15-4-3-5-17(24)10-15)21(32)18-12-19(23(25,26)27)16(11-20(18)28)14-29-6-8-30(9-7-29)22(33)34/h3-5,10-12H,2,6-9,13-14,28H2,1H3,(H,33,34). The highest BCUT2D eigenvalue weighted by Gasteiger charge is 2.37. The van der Waals surface area contributed by atoms with Crippen LogP contribution in [0.25, 0.3) is 0 Å². The lowest BCUT2D eigenvalue weighted by Crippen LogP contribution is -2.47. The van der Waals surface area contributed by atoms with Crippen LogP contribution in [0.15, 0.2) is 36.4 Å². The molecule has 0 spiro atoms. The molecule has 37 heavy (non-hydrogen) atoms. The normalized spacial score (nSPS) is 15.0. The van der Waals surface area contributed by atoms with Crippen molar-refractivity contribution in [3.8, 4) is 0 Å². The van der Waals surface area contributed by atoms with E-state index < -0.39 is 51.6 Å². The van der Waals surface area contributed by atoms with Gasteiger partial charge in [0.15, 0.2) is 0 Å². The Morgan fingerprint density at radius 1 is 1.14 bits per heavy atom. The number of nitrogens with two attached hydrogens (primary N) is 1. The number of benzene rings is 2.